The van der Waals surface area contributed by atoms with E-state index < -0.39 is 0 Å². The van der Waals surface area contributed by atoms with Gasteiger partial charge in [0.1, 0.15) is 0 Å². The van der Waals surface area contributed by atoms with Crippen LogP contribution in [-0.4, -0.2) is 83.9 Å². The minimum atomic E-state index is 0.0886. The molecule has 1 fully saturated rings. The molecule has 0 aliphatic carbocycles. The number of likely N-dealkylation sites (N-methyl/N-ethyl adjacent to an activating group) is 1. The molecule has 0 unspecified atom stereocenters. The third-order valence-electron chi connectivity index (χ3n) is 5.89. The molecule has 7 nitrogen and oxygen atoms in total. The van der Waals surface area contributed by atoms with Crippen molar-refractivity contribution >= 4 is 17.2 Å². The highest BCUT2D eigenvalue weighted by atomic mass is 32.1. The Morgan fingerprint density at radius 1 is 1.24 bits per heavy atom. The first-order chi connectivity index (χ1) is 14.2. The Kier molecular flexibility index (Phi) is 6.64. The topological polar surface area (TPSA) is 53.8 Å². The average molecular weight is 418 g/mol. The van der Waals surface area contributed by atoms with Crippen molar-refractivity contribution in [1.82, 2.24) is 24.5 Å². The molecule has 0 spiro atoms. The maximum atomic E-state index is 13.4. The van der Waals surface area contributed by atoms with Gasteiger partial charge in [-0.3, -0.25) is 14.4 Å². The normalized spacial score (nSPS) is 18.6. The van der Waals surface area contributed by atoms with Crippen LogP contribution in [0.25, 0.3) is 0 Å². The standard InChI is InChI=1S/C21H31N5O2S/c1-23-7-4-8-25(11-10-23)21(27)20-18-16-24(15-17-5-3-14-29-17)9-6-19(18)26(22-20)12-13-28-2/h3,5,14H,4,6-13,15-16H2,1-2H3. The van der Waals surface area contributed by atoms with E-state index in [1.54, 1.807) is 18.4 Å². The van der Waals surface area contributed by atoms with Crippen LogP contribution < -0.4 is 0 Å². The number of hydrogen-bond acceptors (Lipinski definition) is 6. The Morgan fingerprint density at radius 3 is 2.93 bits per heavy atom. The molecule has 2 aromatic rings. The largest absolute Gasteiger partial charge is 0.383 e. The Hall–Kier alpha value is -1.74. The number of hydrogen-bond donors (Lipinski definition) is 0. The number of rotatable bonds is 6. The van der Waals surface area contributed by atoms with Gasteiger partial charge in [-0.1, -0.05) is 6.07 Å². The first kappa shape index (κ1) is 20.5. The highest BCUT2D eigenvalue weighted by Gasteiger charge is 2.31. The summed E-state index contributed by atoms with van der Waals surface area (Å²) in [5.74, 6) is 0.0886. The Bertz CT molecular complexity index is 819. The van der Waals surface area contributed by atoms with Crippen LogP contribution in [0.3, 0.4) is 0 Å². The van der Waals surface area contributed by atoms with Gasteiger partial charge in [0.2, 0.25) is 0 Å². The fraction of sp³-hybridized carbons (Fsp3) is 0.619. The van der Waals surface area contributed by atoms with E-state index in [1.165, 1.54) is 10.6 Å². The van der Waals surface area contributed by atoms with Gasteiger partial charge in [-0.25, -0.2) is 0 Å². The summed E-state index contributed by atoms with van der Waals surface area (Å²) in [5, 5.41) is 6.92. The van der Waals surface area contributed by atoms with E-state index in [-0.39, 0.29) is 5.91 Å². The van der Waals surface area contributed by atoms with Gasteiger partial charge in [0, 0.05) is 68.9 Å². The lowest BCUT2D eigenvalue weighted by Gasteiger charge is -2.28. The van der Waals surface area contributed by atoms with E-state index in [4.69, 9.17) is 9.84 Å². The highest BCUT2D eigenvalue weighted by molar-refractivity contribution is 7.09. The lowest BCUT2D eigenvalue weighted by molar-refractivity contribution is 0.0753. The number of nitrogens with zero attached hydrogens (tertiary/aromatic N) is 5. The van der Waals surface area contributed by atoms with Gasteiger partial charge in [-0.15, -0.1) is 11.3 Å². The van der Waals surface area contributed by atoms with Crippen molar-refractivity contribution < 1.29 is 9.53 Å². The molecule has 1 saturated heterocycles. The molecule has 1 amide bonds. The van der Waals surface area contributed by atoms with Gasteiger partial charge >= 0.3 is 0 Å². The van der Waals surface area contributed by atoms with Crippen LogP contribution in [0.2, 0.25) is 0 Å². The van der Waals surface area contributed by atoms with Crippen LogP contribution in [0, 0.1) is 0 Å². The van der Waals surface area contributed by atoms with Crippen LogP contribution in [0.1, 0.15) is 33.0 Å². The molecule has 2 aromatic heterocycles. The molecule has 0 aromatic carbocycles. The molecule has 0 atom stereocenters. The third-order valence-corrected chi connectivity index (χ3v) is 6.75. The van der Waals surface area contributed by atoms with E-state index in [9.17, 15) is 4.79 Å². The maximum Gasteiger partial charge on any atom is 0.274 e. The molecule has 2 aliphatic rings. The van der Waals surface area contributed by atoms with Crippen molar-refractivity contribution in [3.63, 3.8) is 0 Å². The lowest BCUT2D eigenvalue weighted by atomic mass is 10.0. The Morgan fingerprint density at radius 2 is 2.14 bits per heavy atom. The number of aromatic nitrogens is 2. The molecule has 0 N–H and O–H groups in total. The SMILES string of the molecule is COCCn1nc(C(=O)N2CCCN(C)CC2)c2c1CCN(Cc1cccs1)C2. The van der Waals surface area contributed by atoms with Gasteiger partial charge < -0.3 is 14.5 Å². The molecular weight excluding hydrogens is 386 g/mol. The first-order valence-corrected chi connectivity index (χ1v) is 11.3. The zero-order chi connectivity index (χ0) is 20.2. The lowest BCUT2D eigenvalue weighted by Crippen LogP contribution is -2.36. The van der Waals surface area contributed by atoms with Crippen LogP contribution in [0.4, 0.5) is 0 Å². The summed E-state index contributed by atoms with van der Waals surface area (Å²) in [6, 6.07) is 4.28. The Labute approximate surface area is 176 Å². The summed E-state index contributed by atoms with van der Waals surface area (Å²) in [7, 11) is 3.83. The van der Waals surface area contributed by atoms with Crippen molar-refractivity contribution in [2.75, 3.05) is 53.5 Å². The number of carbonyl (C=O) groups is 1. The molecular formula is C21H31N5O2S. The fourth-order valence-corrected chi connectivity index (χ4v) is 4.98. The second kappa shape index (κ2) is 9.38. The molecule has 4 heterocycles. The fourth-order valence-electron chi connectivity index (χ4n) is 4.24. The number of ether oxygens (including phenoxy) is 1. The molecule has 0 bridgehead atoms. The second-order valence-corrected chi connectivity index (χ2v) is 9.01. The smallest absolute Gasteiger partial charge is 0.274 e. The zero-order valence-corrected chi connectivity index (χ0v) is 18.3. The summed E-state index contributed by atoms with van der Waals surface area (Å²) in [4.78, 5) is 21.5. The van der Waals surface area contributed by atoms with Crippen molar-refractivity contribution in [1.29, 1.82) is 0 Å². The summed E-state index contributed by atoms with van der Waals surface area (Å²) >= 11 is 1.79. The highest BCUT2D eigenvalue weighted by Crippen LogP contribution is 2.26. The van der Waals surface area contributed by atoms with Gasteiger partial charge in [-0.2, -0.15) is 5.10 Å². The molecule has 158 valence electrons. The average Bonchev–Trinajstić information content (AvgIpc) is 3.30. The number of thiophene rings is 1. The molecule has 29 heavy (non-hydrogen) atoms. The maximum absolute atomic E-state index is 13.4. The van der Waals surface area contributed by atoms with Gasteiger partial charge in [0.05, 0.1) is 13.2 Å². The van der Waals surface area contributed by atoms with E-state index in [0.29, 0.717) is 18.8 Å². The monoisotopic (exact) mass is 417 g/mol. The summed E-state index contributed by atoms with van der Waals surface area (Å²) in [6.07, 6.45) is 1.94. The molecule has 0 radical (unpaired) electrons. The number of fused-ring (bicyclic) bond motifs is 1. The van der Waals surface area contributed by atoms with E-state index in [1.807, 2.05) is 9.58 Å². The minimum Gasteiger partial charge on any atom is -0.383 e. The van der Waals surface area contributed by atoms with Crippen molar-refractivity contribution in [3.05, 3.63) is 39.3 Å². The number of methoxy groups -OCH3 is 1. The molecule has 4 rings (SSSR count). The third kappa shape index (κ3) is 4.71. The van der Waals surface area contributed by atoms with Crippen LogP contribution >= 0.6 is 11.3 Å². The van der Waals surface area contributed by atoms with Crippen molar-refractivity contribution in [2.45, 2.75) is 32.5 Å². The predicted octanol–water partition coefficient (Wildman–Crippen LogP) is 1.93. The summed E-state index contributed by atoms with van der Waals surface area (Å²) < 4.78 is 7.28. The second-order valence-electron chi connectivity index (χ2n) is 7.98. The summed E-state index contributed by atoms with van der Waals surface area (Å²) in [5.41, 5.74) is 2.97. The molecule has 0 saturated carbocycles. The zero-order valence-electron chi connectivity index (χ0n) is 17.5. The van der Waals surface area contributed by atoms with Gasteiger partial charge in [-0.05, 0) is 31.5 Å². The number of amides is 1. The van der Waals surface area contributed by atoms with Crippen LogP contribution in [0.15, 0.2) is 17.5 Å². The summed E-state index contributed by atoms with van der Waals surface area (Å²) in [6.45, 7) is 7.55. The predicted molar refractivity (Wildman–Crippen MR) is 114 cm³/mol. The number of carbonyl (C=O) groups excluding carboxylic acids is 1. The van der Waals surface area contributed by atoms with E-state index in [2.05, 4.69) is 34.4 Å². The van der Waals surface area contributed by atoms with E-state index >= 15 is 0 Å². The quantitative estimate of drug-likeness (QED) is 0.719. The Balaban J connectivity index is 1.57. The minimum absolute atomic E-state index is 0.0886. The van der Waals surface area contributed by atoms with Gasteiger partial charge in [0.15, 0.2) is 5.69 Å². The molecule has 8 heteroatoms. The van der Waals surface area contributed by atoms with Gasteiger partial charge in [0.25, 0.3) is 5.91 Å². The molecule has 2 aliphatic heterocycles. The van der Waals surface area contributed by atoms with Crippen molar-refractivity contribution in [3.8, 4) is 0 Å². The van der Waals surface area contributed by atoms with Crippen LogP contribution in [-0.2, 0) is 30.8 Å². The van der Waals surface area contributed by atoms with Crippen molar-refractivity contribution in [2.24, 2.45) is 0 Å². The van der Waals surface area contributed by atoms with E-state index in [0.717, 1.165) is 64.2 Å². The first-order valence-electron chi connectivity index (χ1n) is 10.5. The van der Waals surface area contributed by atoms with Crippen LogP contribution in [0.5, 0.6) is 0 Å².